The van der Waals surface area contributed by atoms with Gasteiger partial charge in [0.15, 0.2) is 6.29 Å². The van der Waals surface area contributed by atoms with Crippen molar-refractivity contribution in [2.75, 3.05) is 27.7 Å². The molecule has 0 spiro atoms. The SMILES string of the molecule is CO[C@](C)(C[C@@H](C)C[N+](=O)[O-])[C@@H](CC1=C(C)C(=O)OC(C)(C)O1)O[C@@H]1OC(C)CC(N(C)C)C1C. The quantitative estimate of drug-likeness (QED) is 0.238. The molecule has 10 heteroatoms. The topological polar surface area (TPSA) is 110 Å². The third kappa shape index (κ3) is 7.62. The summed E-state index contributed by atoms with van der Waals surface area (Å²) in [5.41, 5.74) is -0.540. The van der Waals surface area contributed by atoms with E-state index in [-0.39, 0.29) is 41.9 Å². The average molecular weight is 501 g/mol. The van der Waals surface area contributed by atoms with Gasteiger partial charge in [-0.1, -0.05) is 13.8 Å². The number of methoxy groups -OCH3 is 1. The third-order valence-corrected chi connectivity index (χ3v) is 7.10. The minimum absolute atomic E-state index is 0.00717. The molecule has 2 heterocycles. The van der Waals surface area contributed by atoms with Crippen molar-refractivity contribution in [2.45, 2.75) is 104 Å². The van der Waals surface area contributed by atoms with Crippen molar-refractivity contribution in [3.05, 3.63) is 21.4 Å². The fourth-order valence-corrected chi connectivity index (χ4v) is 5.08. The monoisotopic (exact) mass is 500 g/mol. The molecular weight excluding hydrogens is 456 g/mol. The zero-order valence-electron chi connectivity index (χ0n) is 23.0. The Morgan fingerprint density at radius 1 is 1.29 bits per heavy atom. The summed E-state index contributed by atoms with van der Waals surface area (Å²) in [6, 6.07) is 0.257. The van der Waals surface area contributed by atoms with E-state index in [1.54, 1.807) is 27.9 Å². The fourth-order valence-electron chi connectivity index (χ4n) is 5.08. The van der Waals surface area contributed by atoms with E-state index < -0.39 is 29.8 Å². The Hall–Kier alpha value is -1.75. The highest BCUT2D eigenvalue weighted by Crippen LogP contribution is 2.38. The van der Waals surface area contributed by atoms with Gasteiger partial charge in [-0.3, -0.25) is 10.1 Å². The first-order chi connectivity index (χ1) is 16.1. The molecule has 0 bridgehead atoms. The summed E-state index contributed by atoms with van der Waals surface area (Å²) in [4.78, 5) is 25.5. The van der Waals surface area contributed by atoms with E-state index in [1.165, 1.54) is 0 Å². The number of carbonyl (C=O) groups is 1. The maximum atomic E-state index is 12.5. The molecule has 2 rings (SSSR count). The second-order valence-corrected chi connectivity index (χ2v) is 11.1. The van der Waals surface area contributed by atoms with Gasteiger partial charge in [-0.15, -0.1) is 0 Å². The van der Waals surface area contributed by atoms with E-state index in [2.05, 4.69) is 11.8 Å². The maximum Gasteiger partial charge on any atom is 0.340 e. The molecule has 2 aliphatic heterocycles. The summed E-state index contributed by atoms with van der Waals surface area (Å²) in [7, 11) is 5.67. The Bertz CT molecular complexity index is 798. The van der Waals surface area contributed by atoms with E-state index in [1.807, 2.05) is 34.9 Å². The van der Waals surface area contributed by atoms with Crippen molar-refractivity contribution < 1.29 is 33.4 Å². The van der Waals surface area contributed by atoms with Crippen LogP contribution in [0.4, 0.5) is 0 Å². The second-order valence-electron chi connectivity index (χ2n) is 11.1. The minimum Gasteiger partial charge on any atom is -0.457 e. The van der Waals surface area contributed by atoms with Crippen LogP contribution in [-0.4, -0.2) is 79.5 Å². The molecule has 1 saturated heterocycles. The highest BCUT2D eigenvalue weighted by atomic mass is 16.7. The van der Waals surface area contributed by atoms with Crippen LogP contribution in [0.2, 0.25) is 0 Å². The average Bonchev–Trinajstić information content (AvgIpc) is 2.71. The molecule has 1 fully saturated rings. The van der Waals surface area contributed by atoms with Gasteiger partial charge in [0.25, 0.3) is 0 Å². The molecule has 0 aromatic carbocycles. The van der Waals surface area contributed by atoms with Crippen molar-refractivity contribution in [3.8, 4) is 0 Å². The van der Waals surface area contributed by atoms with Crippen molar-refractivity contribution in [1.82, 2.24) is 4.90 Å². The summed E-state index contributed by atoms with van der Waals surface area (Å²) in [6.45, 7) is 12.7. The molecule has 0 saturated carbocycles. The van der Waals surface area contributed by atoms with Crippen LogP contribution in [0.3, 0.4) is 0 Å². The summed E-state index contributed by atoms with van der Waals surface area (Å²) < 4.78 is 30.3. The molecule has 0 N–H and O–H groups in total. The van der Waals surface area contributed by atoms with E-state index in [0.29, 0.717) is 17.8 Å². The van der Waals surface area contributed by atoms with Gasteiger partial charge in [0.05, 0.1) is 23.4 Å². The van der Waals surface area contributed by atoms with Gasteiger partial charge in [-0.05, 0) is 47.7 Å². The first-order valence-corrected chi connectivity index (χ1v) is 12.3. The van der Waals surface area contributed by atoms with E-state index in [4.69, 9.17) is 23.7 Å². The molecule has 0 aromatic heterocycles. The Labute approximate surface area is 209 Å². The third-order valence-electron chi connectivity index (χ3n) is 7.10. The van der Waals surface area contributed by atoms with Crippen LogP contribution in [0.1, 0.15) is 67.7 Å². The molecule has 0 aromatic rings. The minimum atomic E-state index is -1.11. The summed E-state index contributed by atoms with van der Waals surface area (Å²) in [5.74, 6) is -1.30. The molecule has 0 aliphatic carbocycles. The van der Waals surface area contributed by atoms with Crippen LogP contribution in [0, 0.1) is 22.0 Å². The predicted octanol–water partition coefficient (Wildman–Crippen LogP) is 3.75. The number of cyclic esters (lactones) is 1. The molecule has 35 heavy (non-hydrogen) atoms. The van der Waals surface area contributed by atoms with Crippen molar-refractivity contribution in [2.24, 2.45) is 11.8 Å². The molecule has 0 amide bonds. The number of nitro groups is 1. The van der Waals surface area contributed by atoms with Crippen LogP contribution >= 0.6 is 0 Å². The van der Waals surface area contributed by atoms with Crippen LogP contribution in [0.25, 0.3) is 0 Å². The van der Waals surface area contributed by atoms with Gasteiger partial charge in [0, 0.05) is 50.2 Å². The maximum absolute atomic E-state index is 12.5. The highest BCUT2D eigenvalue weighted by Gasteiger charge is 2.45. The van der Waals surface area contributed by atoms with Gasteiger partial charge >= 0.3 is 5.97 Å². The first-order valence-electron chi connectivity index (χ1n) is 12.3. The number of carbonyl (C=O) groups excluding carboxylic acids is 1. The zero-order valence-corrected chi connectivity index (χ0v) is 23.0. The molecule has 7 atom stereocenters. The lowest BCUT2D eigenvalue weighted by molar-refractivity contribution is -0.488. The molecule has 2 aliphatic rings. The van der Waals surface area contributed by atoms with Crippen molar-refractivity contribution in [3.63, 3.8) is 0 Å². The van der Waals surface area contributed by atoms with Crippen LogP contribution < -0.4 is 0 Å². The lowest BCUT2D eigenvalue weighted by atomic mass is 9.85. The van der Waals surface area contributed by atoms with Crippen LogP contribution in [-0.2, 0) is 28.5 Å². The van der Waals surface area contributed by atoms with Gasteiger partial charge < -0.3 is 28.6 Å². The Kier molecular flexibility index (Phi) is 9.72. The van der Waals surface area contributed by atoms with Crippen LogP contribution in [0.5, 0.6) is 0 Å². The number of rotatable bonds is 11. The first kappa shape index (κ1) is 29.5. The molecule has 10 nitrogen and oxygen atoms in total. The normalized spacial score (nSPS) is 30.3. The van der Waals surface area contributed by atoms with Gasteiger partial charge in [-0.2, -0.15) is 0 Å². The number of nitrogens with zero attached hydrogens (tertiary/aromatic N) is 2. The standard InChI is InChI=1S/C25H44N2O8/c1-15(14-27(29)30)13-25(7,31-10)21(12-20-18(4)22(28)35-24(5,6)34-20)33-23-17(3)19(26(8)9)11-16(2)32-23/h15-17,19,21,23H,11-14H2,1-10H3/t15-,16?,17?,19?,21-,23+,25-/m1/s1. The van der Waals surface area contributed by atoms with Gasteiger partial charge in [0.1, 0.15) is 5.76 Å². The van der Waals surface area contributed by atoms with Crippen molar-refractivity contribution >= 4 is 5.97 Å². The Morgan fingerprint density at radius 2 is 1.91 bits per heavy atom. The predicted molar refractivity (Wildman–Crippen MR) is 130 cm³/mol. The largest absolute Gasteiger partial charge is 0.457 e. The summed E-state index contributed by atoms with van der Waals surface area (Å²) in [6.07, 6.45) is 0.353. The second kappa shape index (κ2) is 11.5. The van der Waals surface area contributed by atoms with E-state index >= 15 is 0 Å². The van der Waals surface area contributed by atoms with Crippen molar-refractivity contribution in [1.29, 1.82) is 0 Å². The highest BCUT2D eigenvalue weighted by molar-refractivity contribution is 5.89. The summed E-state index contributed by atoms with van der Waals surface area (Å²) >= 11 is 0. The number of hydrogen-bond acceptors (Lipinski definition) is 9. The lowest BCUT2D eigenvalue weighted by Crippen LogP contribution is -2.54. The van der Waals surface area contributed by atoms with E-state index in [0.717, 1.165) is 6.42 Å². The fraction of sp³-hybridized carbons (Fsp3) is 0.880. The summed E-state index contributed by atoms with van der Waals surface area (Å²) in [5, 5.41) is 11.1. The van der Waals surface area contributed by atoms with Gasteiger partial charge in [0.2, 0.25) is 12.3 Å². The number of ether oxygens (including phenoxy) is 5. The Balaban J connectivity index is 2.42. The Morgan fingerprint density at radius 3 is 2.46 bits per heavy atom. The lowest BCUT2D eigenvalue weighted by Gasteiger charge is -2.46. The number of esters is 1. The zero-order chi connectivity index (χ0) is 26.7. The smallest absolute Gasteiger partial charge is 0.340 e. The molecule has 0 radical (unpaired) electrons. The number of hydrogen-bond donors (Lipinski definition) is 0. The molecule has 202 valence electrons. The van der Waals surface area contributed by atoms with E-state index in [9.17, 15) is 14.9 Å². The van der Waals surface area contributed by atoms with Gasteiger partial charge in [-0.25, -0.2) is 4.79 Å². The van der Waals surface area contributed by atoms with Crippen LogP contribution in [0.15, 0.2) is 11.3 Å². The molecular formula is C25H44N2O8. The molecule has 3 unspecified atom stereocenters.